The summed E-state index contributed by atoms with van der Waals surface area (Å²) < 4.78 is 4.24. The van der Waals surface area contributed by atoms with Crippen LogP contribution in [0.25, 0.3) is 15.7 Å². The van der Waals surface area contributed by atoms with E-state index in [0.717, 1.165) is 28.0 Å². The molecule has 0 aliphatic carbocycles. The Hall–Kier alpha value is -2.64. The lowest BCUT2D eigenvalue weighted by molar-refractivity contribution is -0.122. The quantitative estimate of drug-likeness (QED) is 0.507. The summed E-state index contributed by atoms with van der Waals surface area (Å²) >= 11 is 7.82. The van der Waals surface area contributed by atoms with Crippen molar-refractivity contribution in [1.82, 2.24) is 19.5 Å². The first-order chi connectivity index (χ1) is 14.0. The van der Waals surface area contributed by atoms with Gasteiger partial charge in [-0.3, -0.25) is 14.0 Å². The van der Waals surface area contributed by atoms with Crippen LogP contribution in [0.2, 0.25) is 5.02 Å². The summed E-state index contributed by atoms with van der Waals surface area (Å²) in [5, 5.41) is 7.88. The predicted molar refractivity (Wildman–Crippen MR) is 117 cm³/mol. The number of hydrogen-bond donors (Lipinski definition) is 1. The number of fused-ring (bicyclic) bond motifs is 3. The van der Waals surface area contributed by atoms with Gasteiger partial charge in [-0.1, -0.05) is 43.6 Å². The number of hydrogen-bond acceptors (Lipinski definition) is 4. The zero-order chi connectivity index (χ0) is 20.5. The average molecular weight is 429 g/mol. The van der Waals surface area contributed by atoms with E-state index in [-0.39, 0.29) is 18.0 Å². The molecule has 8 heteroatoms. The van der Waals surface area contributed by atoms with E-state index >= 15 is 0 Å². The molecule has 0 radical (unpaired) electrons. The third kappa shape index (κ3) is 3.68. The molecule has 0 aliphatic heterocycles. The van der Waals surface area contributed by atoms with E-state index in [4.69, 9.17) is 11.6 Å². The molecule has 6 nitrogen and oxygen atoms in total. The molecule has 0 unspecified atom stereocenters. The lowest BCUT2D eigenvalue weighted by atomic mass is 10.2. The summed E-state index contributed by atoms with van der Waals surface area (Å²) in [6.07, 6.45) is 1.61. The Morgan fingerprint density at radius 3 is 2.69 bits per heavy atom. The van der Waals surface area contributed by atoms with Crippen LogP contribution in [0.15, 0.2) is 41.2 Å². The summed E-state index contributed by atoms with van der Waals surface area (Å²) in [5.74, 6) is 0.474. The Bertz CT molecular complexity index is 1270. The van der Waals surface area contributed by atoms with Crippen molar-refractivity contribution in [3.63, 3.8) is 0 Å². The molecule has 0 bridgehead atoms. The molecule has 3 heterocycles. The molecule has 1 amide bonds. The van der Waals surface area contributed by atoms with Crippen LogP contribution < -0.4 is 10.9 Å². The highest BCUT2D eigenvalue weighted by molar-refractivity contribution is 7.19. The van der Waals surface area contributed by atoms with Gasteiger partial charge < -0.3 is 5.32 Å². The number of thiophene rings is 1. The molecule has 1 N–H and O–H groups in total. The maximum Gasteiger partial charge on any atom is 0.291 e. The number of aryl methyl sites for hydroxylation is 2. The van der Waals surface area contributed by atoms with Gasteiger partial charge in [-0.15, -0.1) is 11.3 Å². The van der Waals surface area contributed by atoms with Crippen LogP contribution in [0.1, 0.15) is 30.1 Å². The minimum Gasteiger partial charge on any atom is -0.350 e. The van der Waals surface area contributed by atoms with Crippen LogP contribution in [0.4, 0.5) is 0 Å². The standard InChI is InChI=1S/C21H21ClN4O2S/c1-3-14-9-16-18(29-14)10-17-21(28)25(24-19(4-2)26(16)17)12-20(27)23-11-13-7-5-6-8-15(13)22/h5-10H,3-4,11-12H2,1-2H3,(H,23,27). The highest BCUT2D eigenvalue weighted by Gasteiger charge is 2.17. The van der Waals surface area contributed by atoms with Gasteiger partial charge >= 0.3 is 0 Å². The molecule has 0 atom stereocenters. The van der Waals surface area contributed by atoms with E-state index in [9.17, 15) is 9.59 Å². The van der Waals surface area contributed by atoms with Gasteiger partial charge in [0.15, 0.2) is 0 Å². The number of carbonyl (C=O) groups excluding carboxylic acids is 1. The summed E-state index contributed by atoms with van der Waals surface area (Å²) in [4.78, 5) is 26.7. The first-order valence-corrected chi connectivity index (χ1v) is 10.7. The maximum atomic E-state index is 13.0. The van der Waals surface area contributed by atoms with Gasteiger partial charge in [0, 0.05) is 22.9 Å². The van der Waals surface area contributed by atoms with E-state index in [2.05, 4.69) is 23.4 Å². The Labute approximate surface area is 176 Å². The zero-order valence-electron chi connectivity index (χ0n) is 16.2. The number of amides is 1. The van der Waals surface area contributed by atoms with Crippen molar-refractivity contribution in [1.29, 1.82) is 0 Å². The molecule has 4 rings (SSSR count). The molecule has 150 valence electrons. The van der Waals surface area contributed by atoms with Gasteiger partial charge in [0.05, 0.1) is 10.2 Å². The minimum atomic E-state index is -0.285. The lowest BCUT2D eigenvalue weighted by Crippen LogP contribution is -2.35. The zero-order valence-corrected chi connectivity index (χ0v) is 17.8. The molecule has 0 fully saturated rings. The molecule has 0 aliphatic rings. The van der Waals surface area contributed by atoms with Gasteiger partial charge in [-0.05, 0) is 30.2 Å². The van der Waals surface area contributed by atoms with Crippen molar-refractivity contribution in [2.45, 2.75) is 39.8 Å². The number of rotatable bonds is 6. The first kappa shape index (κ1) is 19.7. The van der Waals surface area contributed by atoms with Gasteiger partial charge in [0.25, 0.3) is 5.56 Å². The van der Waals surface area contributed by atoms with Crippen LogP contribution in [-0.4, -0.2) is 20.1 Å². The average Bonchev–Trinajstić information content (AvgIpc) is 3.27. The topological polar surface area (TPSA) is 68.4 Å². The third-order valence-electron chi connectivity index (χ3n) is 4.88. The van der Waals surface area contributed by atoms with Crippen LogP contribution in [0.3, 0.4) is 0 Å². The smallest absolute Gasteiger partial charge is 0.291 e. The van der Waals surface area contributed by atoms with Gasteiger partial charge in [-0.25, -0.2) is 4.68 Å². The van der Waals surface area contributed by atoms with E-state index in [1.54, 1.807) is 17.4 Å². The molecule has 0 spiro atoms. The number of benzene rings is 1. The number of carbonyl (C=O) groups is 1. The monoisotopic (exact) mass is 428 g/mol. The van der Waals surface area contributed by atoms with Gasteiger partial charge in [0.2, 0.25) is 5.91 Å². The predicted octanol–water partition coefficient (Wildman–Crippen LogP) is 3.81. The van der Waals surface area contributed by atoms with Gasteiger partial charge in [0.1, 0.15) is 17.9 Å². The molecule has 3 aromatic heterocycles. The lowest BCUT2D eigenvalue weighted by Gasteiger charge is -2.11. The largest absolute Gasteiger partial charge is 0.350 e. The molecule has 4 aromatic rings. The summed E-state index contributed by atoms with van der Waals surface area (Å²) in [6.45, 7) is 4.28. The highest BCUT2D eigenvalue weighted by Crippen LogP contribution is 2.29. The van der Waals surface area contributed by atoms with Crippen molar-refractivity contribution in [3.8, 4) is 0 Å². The molecule has 0 saturated carbocycles. The Balaban J connectivity index is 1.63. The molecule has 0 saturated heterocycles. The fraction of sp³-hybridized carbons (Fsp3) is 0.286. The van der Waals surface area contributed by atoms with Crippen LogP contribution in [0, 0.1) is 0 Å². The van der Waals surface area contributed by atoms with E-state index in [0.29, 0.717) is 23.5 Å². The molecular weight excluding hydrogens is 408 g/mol. The van der Waals surface area contributed by atoms with E-state index in [1.807, 2.05) is 35.6 Å². The highest BCUT2D eigenvalue weighted by atomic mass is 35.5. The van der Waals surface area contributed by atoms with Crippen molar-refractivity contribution in [2.24, 2.45) is 0 Å². The Morgan fingerprint density at radius 2 is 1.97 bits per heavy atom. The van der Waals surface area contributed by atoms with E-state index < -0.39 is 0 Å². The van der Waals surface area contributed by atoms with Crippen molar-refractivity contribution >= 4 is 44.6 Å². The van der Waals surface area contributed by atoms with Crippen LogP contribution in [0.5, 0.6) is 0 Å². The minimum absolute atomic E-state index is 0.133. The van der Waals surface area contributed by atoms with Crippen molar-refractivity contribution in [3.05, 3.63) is 68.0 Å². The first-order valence-electron chi connectivity index (χ1n) is 9.55. The third-order valence-corrected chi connectivity index (χ3v) is 6.46. The fourth-order valence-corrected chi connectivity index (χ4v) is 4.60. The molecule has 29 heavy (non-hydrogen) atoms. The molecule has 1 aromatic carbocycles. The van der Waals surface area contributed by atoms with Crippen molar-refractivity contribution in [2.75, 3.05) is 0 Å². The second kappa shape index (κ2) is 8.00. The number of nitrogens with one attached hydrogen (secondary N) is 1. The number of aromatic nitrogens is 3. The second-order valence-electron chi connectivity index (χ2n) is 6.78. The Kier molecular flexibility index (Phi) is 5.43. The molecular formula is C21H21ClN4O2S. The second-order valence-corrected chi connectivity index (χ2v) is 8.36. The number of nitrogens with zero attached hydrogens (tertiary/aromatic N) is 3. The normalized spacial score (nSPS) is 11.4. The maximum absolute atomic E-state index is 13.0. The van der Waals surface area contributed by atoms with Gasteiger partial charge in [-0.2, -0.15) is 5.10 Å². The summed E-state index contributed by atoms with van der Waals surface area (Å²) in [7, 11) is 0. The van der Waals surface area contributed by atoms with Crippen LogP contribution >= 0.6 is 22.9 Å². The fourth-order valence-electron chi connectivity index (χ4n) is 3.38. The SMILES string of the molecule is CCc1cc2c(cc3c(=O)n(CC(=O)NCc4ccccc4Cl)nc(CC)n32)s1. The Morgan fingerprint density at radius 1 is 1.17 bits per heavy atom. The summed E-state index contributed by atoms with van der Waals surface area (Å²) in [6, 6.07) is 11.4. The van der Waals surface area contributed by atoms with Crippen LogP contribution in [-0.2, 0) is 30.7 Å². The number of halogens is 1. The van der Waals surface area contributed by atoms with Crippen molar-refractivity contribution < 1.29 is 4.79 Å². The summed E-state index contributed by atoms with van der Waals surface area (Å²) in [5.41, 5.74) is 2.13. The van der Waals surface area contributed by atoms with E-state index in [1.165, 1.54) is 9.56 Å².